The quantitative estimate of drug-likeness (QED) is 0.550. The van der Waals surface area contributed by atoms with E-state index in [1.807, 2.05) is 13.8 Å². The van der Waals surface area contributed by atoms with Gasteiger partial charge in [-0.3, -0.25) is 4.79 Å². The Morgan fingerprint density at radius 1 is 1.69 bits per heavy atom. The Balaban J connectivity index is 2.30. The molecule has 0 aromatic rings. The van der Waals surface area contributed by atoms with Crippen molar-refractivity contribution in [3.8, 4) is 6.07 Å². The van der Waals surface area contributed by atoms with Crippen LogP contribution in [0.3, 0.4) is 0 Å². The summed E-state index contributed by atoms with van der Waals surface area (Å²) in [6.07, 6.45) is 0. The van der Waals surface area contributed by atoms with E-state index in [2.05, 4.69) is 6.07 Å². The Bertz CT molecular complexity index is 309. The highest BCUT2D eigenvalue weighted by Gasteiger charge is 2.60. The first-order valence-electron chi connectivity index (χ1n) is 4.14. The number of hydrogen-bond acceptors (Lipinski definition) is 4. The van der Waals surface area contributed by atoms with Crippen LogP contribution in [0.4, 0.5) is 0 Å². The van der Waals surface area contributed by atoms with Crippen LogP contribution in [0.2, 0.25) is 0 Å². The molecule has 0 aromatic heterocycles. The minimum Gasteiger partial charge on any atom is -0.317 e. The Kier molecular flexibility index (Phi) is 1.63. The first-order chi connectivity index (χ1) is 5.99. The smallest absolute Gasteiger partial charge is 0.244 e. The normalized spacial score (nSPS) is 40.9. The van der Waals surface area contributed by atoms with Crippen LogP contribution >= 0.6 is 11.8 Å². The molecule has 2 fully saturated rings. The van der Waals surface area contributed by atoms with Crippen molar-refractivity contribution >= 4 is 17.7 Å². The topological polar surface area (TPSA) is 70.1 Å². The summed E-state index contributed by atoms with van der Waals surface area (Å²) in [4.78, 5) is 12.9. The molecule has 2 aliphatic heterocycles. The summed E-state index contributed by atoms with van der Waals surface area (Å²) >= 11 is 1.62. The van der Waals surface area contributed by atoms with Crippen LogP contribution in [0, 0.1) is 11.3 Å². The maximum atomic E-state index is 11.3. The number of nitrogens with zero attached hydrogens (tertiary/aromatic N) is 2. The SMILES string of the molecule is CC1(C)S[C@@H]2[C@H](N)C(=O)N2[C@H]1C#N. The number of rotatable bonds is 0. The minimum atomic E-state index is -0.400. The molecule has 0 unspecified atom stereocenters. The number of thioether (sulfide) groups is 1. The number of carbonyl (C=O) groups excluding carboxylic acids is 1. The Labute approximate surface area is 81.1 Å². The van der Waals surface area contributed by atoms with Gasteiger partial charge in [-0.1, -0.05) is 0 Å². The summed E-state index contributed by atoms with van der Waals surface area (Å²) in [6, 6.07) is 1.44. The van der Waals surface area contributed by atoms with Crippen LogP contribution in [0.5, 0.6) is 0 Å². The van der Waals surface area contributed by atoms with E-state index in [4.69, 9.17) is 11.0 Å². The van der Waals surface area contributed by atoms with Gasteiger partial charge in [0, 0.05) is 4.75 Å². The zero-order chi connectivity index (χ0) is 9.80. The summed E-state index contributed by atoms with van der Waals surface area (Å²) in [5.74, 6) is -0.0883. The standard InChI is InChI=1S/C8H11N3OS/c1-8(2)4(3-9)11-6(12)5(10)7(11)13-8/h4-5,7H,10H2,1-2H3/t4-,5+,7+/m0/s1. The Morgan fingerprint density at radius 3 is 2.85 bits per heavy atom. The second-order valence-electron chi connectivity index (χ2n) is 3.91. The maximum Gasteiger partial charge on any atom is 0.244 e. The number of amides is 1. The van der Waals surface area contributed by atoms with Gasteiger partial charge in [-0.2, -0.15) is 5.26 Å². The van der Waals surface area contributed by atoms with Gasteiger partial charge in [0.2, 0.25) is 5.91 Å². The first kappa shape index (κ1) is 8.85. The summed E-state index contributed by atoms with van der Waals surface area (Å²) in [5, 5.41) is 8.95. The highest BCUT2D eigenvalue weighted by molar-refractivity contribution is 8.01. The van der Waals surface area contributed by atoms with E-state index in [1.165, 1.54) is 0 Å². The number of hydrogen-bond donors (Lipinski definition) is 1. The molecule has 0 saturated carbocycles. The molecule has 0 radical (unpaired) electrons. The van der Waals surface area contributed by atoms with Gasteiger partial charge < -0.3 is 10.6 Å². The number of carbonyl (C=O) groups is 1. The van der Waals surface area contributed by atoms with E-state index in [0.717, 1.165) is 0 Å². The lowest BCUT2D eigenvalue weighted by Gasteiger charge is -2.40. The summed E-state index contributed by atoms with van der Waals surface area (Å²) in [5.41, 5.74) is 5.62. The van der Waals surface area contributed by atoms with Crippen LogP contribution in [0.1, 0.15) is 13.8 Å². The lowest BCUT2D eigenvalue weighted by molar-refractivity contribution is -0.145. The fourth-order valence-electron chi connectivity index (χ4n) is 1.84. The maximum absolute atomic E-state index is 11.3. The molecule has 4 nitrogen and oxygen atoms in total. The largest absolute Gasteiger partial charge is 0.317 e. The number of nitrogens with two attached hydrogens (primary N) is 1. The van der Waals surface area contributed by atoms with E-state index in [1.54, 1.807) is 16.7 Å². The van der Waals surface area contributed by atoms with Crippen LogP contribution in [0.15, 0.2) is 0 Å². The molecule has 1 amide bonds. The average molecular weight is 197 g/mol. The third-order valence-electron chi connectivity index (χ3n) is 2.60. The van der Waals surface area contributed by atoms with Crippen molar-refractivity contribution in [1.29, 1.82) is 5.26 Å². The van der Waals surface area contributed by atoms with Crippen LogP contribution in [-0.2, 0) is 4.79 Å². The molecule has 2 heterocycles. The zero-order valence-corrected chi connectivity index (χ0v) is 8.34. The minimum absolute atomic E-state index is 0.0205. The molecule has 0 aliphatic carbocycles. The summed E-state index contributed by atoms with van der Waals surface area (Å²) < 4.78 is -0.191. The van der Waals surface area contributed by atoms with E-state index in [0.29, 0.717) is 0 Å². The lowest BCUT2D eigenvalue weighted by atomic mass is 9.98. The monoisotopic (exact) mass is 197 g/mol. The van der Waals surface area contributed by atoms with E-state index in [9.17, 15) is 4.79 Å². The first-order valence-corrected chi connectivity index (χ1v) is 5.02. The van der Waals surface area contributed by atoms with Crippen molar-refractivity contribution in [3.63, 3.8) is 0 Å². The summed E-state index contributed by atoms with van der Waals surface area (Å²) in [7, 11) is 0. The number of fused-ring (bicyclic) bond motifs is 1. The molecule has 70 valence electrons. The number of β-lactam (4-membered cyclic amide) rings is 1. The molecule has 0 bridgehead atoms. The van der Waals surface area contributed by atoms with Crippen LogP contribution in [-0.4, -0.2) is 33.0 Å². The fourth-order valence-corrected chi connectivity index (χ4v) is 3.36. The van der Waals surface area contributed by atoms with E-state index in [-0.39, 0.29) is 22.1 Å². The fraction of sp³-hybridized carbons (Fsp3) is 0.750. The molecule has 2 aliphatic rings. The van der Waals surface area contributed by atoms with Gasteiger partial charge in [0.1, 0.15) is 17.5 Å². The molecule has 3 atom stereocenters. The van der Waals surface area contributed by atoms with Gasteiger partial charge in [-0.25, -0.2) is 0 Å². The molecule has 5 heteroatoms. The van der Waals surface area contributed by atoms with Gasteiger partial charge in [-0.05, 0) is 13.8 Å². The van der Waals surface area contributed by atoms with Crippen molar-refractivity contribution in [2.45, 2.75) is 36.1 Å². The van der Waals surface area contributed by atoms with Crippen LogP contribution in [0.25, 0.3) is 0 Å². The van der Waals surface area contributed by atoms with Crippen molar-refractivity contribution in [2.24, 2.45) is 5.73 Å². The van der Waals surface area contributed by atoms with Gasteiger partial charge in [0.25, 0.3) is 0 Å². The molecule has 0 aromatic carbocycles. The second-order valence-corrected chi connectivity index (χ2v) is 5.69. The molecule has 0 spiro atoms. The van der Waals surface area contributed by atoms with Crippen molar-refractivity contribution in [1.82, 2.24) is 4.90 Å². The molecular weight excluding hydrogens is 186 g/mol. The van der Waals surface area contributed by atoms with Crippen molar-refractivity contribution < 1.29 is 4.79 Å². The highest BCUT2D eigenvalue weighted by Crippen LogP contribution is 2.49. The average Bonchev–Trinajstić information content (AvgIpc) is 2.33. The molecule has 2 N–H and O–H groups in total. The van der Waals surface area contributed by atoms with Gasteiger partial charge in [-0.15, -0.1) is 11.8 Å². The predicted molar refractivity (Wildman–Crippen MR) is 49.7 cm³/mol. The Hall–Kier alpha value is -0.730. The summed E-state index contributed by atoms with van der Waals surface area (Å²) in [6.45, 7) is 3.95. The molecule has 2 rings (SSSR count). The van der Waals surface area contributed by atoms with E-state index >= 15 is 0 Å². The number of nitriles is 1. The molecule has 13 heavy (non-hydrogen) atoms. The van der Waals surface area contributed by atoms with Gasteiger partial charge >= 0.3 is 0 Å². The Morgan fingerprint density at radius 2 is 2.31 bits per heavy atom. The second kappa shape index (κ2) is 2.40. The third kappa shape index (κ3) is 0.930. The van der Waals surface area contributed by atoms with Crippen molar-refractivity contribution in [3.05, 3.63) is 0 Å². The van der Waals surface area contributed by atoms with Crippen LogP contribution < -0.4 is 5.73 Å². The van der Waals surface area contributed by atoms with Crippen molar-refractivity contribution in [2.75, 3.05) is 0 Å². The molecular formula is C8H11N3OS. The van der Waals surface area contributed by atoms with Gasteiger partial charge in [0.15, 0.2) is 0 Å². The lowest BCUT2D eigenvalue weighted by Crippen LogP contribution is -2.67. The highest BCUT2D eigenvalue weighted by atomic mass is 32.2. The van der Waals surface area contributed by atoms with E-state index < -0.39 is 6.04 Å². The van der Waals surface area contributed by atoms with Gasteiger partial charge in [0.05, 0.1) is 6.07 Å². The zero-order valence-electron chi connectivity index (χ0n) is 7.52. The predicted octanol–water partition coefficient (Wildman–Crippen LogP) is -0.100. The molecule has 2 saturated heterocycles. The third-order valence-corrected chi connectivity index (χ3v) is 4.20.